The molecule has 4 aromatic carbocycles. The van der Waals surface area contributed by atoms with Crippen molar-refractivity contribution >= 4 is 22.4 Å². The molecule has 1 aromatic heterocycles. The third kappa shape index (κ3) is 3.48. The van der Waals surface area contributed by atoms with E-state index in [2.05, 4.69) is 46.4 Å². The van der Waals surface area contributed by atoms with Gasteiger partial charge in [-0.1, -0.05) is 84.9 Å². The molecule has 0 bridgehead atoms. The van der Waals surface area contributed by atoms with Crippen LogP contribution >= 0.6 is 11.6 Å². The molecule has 3 nitrogen and oxygen atoms in total. The van der Waals surface area contributed by atoms with Crippen LogP contribution in [0.2, 0.25) is 5.28 Å². The summed E-state index contributed by atoms with van der Waals surface area (Å²) in [5.41, 5.74) is 4.09. The van der Waals surface area contributed by atoms with Gasteiger partial charge in [-0.3, -0.25) is 0 Å². The van der Waals surface area contributed by atoms with Crippen LogP contribution in [0.4, 0.5) is 0 Å². The van der Waals surface area contributed by atoms with Crippen LogP contribution in [0.15, 0.2) is 97.1 Å². The molecular weight excluding hydrogens is 378 g/mol. The number of benzene rings is 4. The summed E-state index contributed by atoms with van der Waals surface area (Å²) in [4.78, 5) is 13.5. The summed E-state index contributed by atoms with van der Waals surface area (Å²) in [6, 6.07) is 32.7. The van der Waals surface area contributed by atoms with Gasteiger partial charge < -0.3 is 0 Å². The van der Waals surface area contributed by atoms with Gasteiger partial charge >= 0.3 is 0 Å². The first-order valence-corrected chi connectivity index (χ1v) is 9.71. The van der Waals surface area contributed by atoms with Crippen LogP contribution in [-0.4, -0.2) is 15.0 Å². The van der Waals surface area contributed by atoms with E-state index in [9.17, 15) is 0 Å². The Labute approximate surface area is 173 Å². The van der Waals surface area contributed by atoms with Crippen molar-refractivity contribution in [1.29, 1.82) is 0 Å². The molecule has 0 atom stereocenters. The molecule has 0 radical (unpaired) electrons. The van der Waals surface area contributed by atoms with Gasteiger partial charge in [-0.2, -0.15) is 9.97 Å². The molecular formula is C25H16ClN3. The lowest BCUT2D eigenvalue weighted by Crippen LogP contribution is -1.98. The first kappa shape index (κ1) is 17.5. The van der Waals surface area contributed by atoms with Crippen LogP contribution in [0, 0.1) is 0 Å². The lowest BCUT2D eigenvalue weighted by Gasteiger charge is -2.11. The van der Waals surface area contributed by atoms with E-state index >= 15 is 0 Å². The molecule has 0 N–H and O–H groups in total. The van der Waals surface area contributed by atoms with Crippen molar-refractivity contribution in [1.82, 2.24) is 15.0 Å². The smallest absolute Gasteiger partial charge is 0.208 e. The zero-order valence-electron chi connectivity index (χ0n) is 15.5. The monoisotopic (exact) mass is 393 g/mol. The summed E-state index contributed by atoms with van der Waals surface area (Å²) in [6.07, 6.45) is 0. The molecule has 0 aliphatic carbocycles. The fourth-order valence-corrected chi connectivity index (χ4v) is 3.64. The van der Waals surface area contributed by atoms with E-state index in [0.717, 1.165) is 33.0 Å². The number of hydrogen-bond acceptors (Lipinski definition) is 3. The van der Waals surface area contributed by atoms with E-state index in [1.807, 2.05) is 60.7 Å². The second kappa shape index (κ2) is 7.46. The highest BCUT2D eigenvalue weighted by molar-refractivity contribution is 6.28. The highest BCUT2D eigenvalue weighted by Crippen LogP contribution is 2.33. The Morgan fingerprint density at radius 2 is 1.14 bits per heavy atom. The molecule has 5 rings (SSSR count). The normalized spacial score (nSPS) is 10.9. The zero-order chi connectivity index (χ0) is 19.6. The highest BCUT2D eigenvalue weighted by atomic mass is 35.5. The molecule has 0 aliphatic heterocycles. The molecule has 0 saturated carbocycles. The van der Waals surface area contributed by atoms with Gasteiger partial charge in [0.25, 0.3) is 0 Å². The predicted molar refractivity (Wildman–Crippen MR) is 119 cm³/mol. The fourth-order valence-electron chi connectivity index (χ4n) is 3.48. The quantitative estimate of drug-likeness (QED) is 0.343. The van der Waals surface area contributed by atoms with Gasteiger partial charge in [0, 0.05) is 11.1 Å². The Morgan fingerprint density at radius 1 is 0.517 bits per heavy atom. The van der Waals surface area contributed by atoms with Crippen molar-refractivity contribution in [2.24, 2.45) is 0 Å². The van der Waals surface area contributed by atoms with Crippen molar-refractivity contribution < 1.29 is 0 Å². The van der Waals surface area contributed by atoms with E-state index in [-0.39, 0.29) is 5.28 Å². The minimum absolute atomic E-state index is 0.183. The fraction of sp³-hybridized carbons (Fsp3) is 0. The maximum absolute atomic E-state index is 6.30. The summed E-state index contributed by atoms with van der Waals surface area (Å²) < 4.78 is 0. The molecule has 5 aromatic rings. The highest BCUT2D eigenvalue weighted by Gasteiger charge is 2.13. The van der Waals surface area contributed by atoms with Gasteiger partial charge in [-0.15, -0.1) is 0 Å². The van der Waals surface area contributed by atoms with Crippen LogP contribution in [0.25, 0.3) is 44.7 Å². The van der Waals surface area contributed by atoms with Crippen molar-refractivity contribution in [2.75, 3.05) is 0 Å². The van der Waals surface area contributed by atoms with E-state index in [0.29, 0.717) is 11.6 Å². The molecule has 29 heavy (non-hydrogen) atoms. The Hall–Kier alpha value is -3.56. The molecule has 0 saturated heterocycles. The largest absolute Gasteiger partial charge is 0.226 e. The Morgan fingerprint density at radius 3 is 1.90 bits per heavy atom. The van der Waals surface area contributed by atoms with Crippen molar-refractivity contribution in [3.8, 4) is 33.9 Å². The number of halogens is 1. The van der Waals surface area contributed by atoms with Gasteiger partial charge in [-0.05, 0) is 45.6 Å². The van der Waals surface area contributed by atoms with Crippen LogP contribution in [0.1, 0.15) is 0 Å². The number of hydrogen-bond donors (Lipinski definition) is 0. The molecule has 0 aliphatic rings. The van der Waals surface area contributed by atoms with Crippen molar-refractivity contribution in [2.45, 2.75) is 0 Å². The average molecular weight is 394 g/mol. The molecule has 138 valence electrons. The van der Waals surface area contributed by atoms with Crippen LogP contribution in [0.3, 0.4) is 0 Å². The summed E-state index contributed by atoms with van der Waals surface area (Å²) in [5.74, 6) is 1.13. The van der Waals surface area contributed by atoms with Crippen LogP contribution < -0.4 is 0 Å². The Bertz CT molecular complexity index is 1300. The molecule has 0 unspecified atom stereocenters. The Kier molecular flexibility index (Phi) is 4.51. The topological polar surface area (TPSA) is 38.7 Å². The van der Waals surface area contributed by atoms with Gasteiger partial charge in [0.05, 0.1) is 0 Å². The van der Waals surface area contributed by atoms with Gasteiger partial charge in [-0.25, -0.2) is 4.98 Å². The number of aromatic nitrogens is 3. The lowest BCUT2D eigenvalue weighted by molar-refractivity contribution is 1.07. The average Bonchev–Trinajstić information content (AvgIpc) is 2.79. The Balaban J connectivity index is 1.76. The second-order valence-electron chi connectivity index (χ2n) is 6.73. The van der Waals surface area contributed by atoms with Gasteiger partial charge in [0.15, 0.2) is 11.6 Å². The molecule has 0 fully saturated rings. The maximum atomic E-state index is 6.30. The predicted octanol–water partition coefficient (Wildman–Crippen LogP) is 6.68. The van der Waals surface area contributed by atoms with E-state index < -0.39 is 0 Å². The first-order chi connectivity index (χ1) is 14.3. The van der Waals surface area contributed by atoms with Crippen molar-refractivity contribution in [3.05, 3.63) is 102 Å². The van der Waals surface area contributed by atoms with E-state index in [1.165, 1.54) is 0 Å². The molecule has 4 heteroatoms. The van der Waals surface area contributed by atoms with Crippen LogP contribution in [-0.2, 0) is 0 Å². The molecule has 0 amide bonds. The summed E-state index contributed by atoms with van der Waals surface area (Å²) in [5, 5.41) is 2.39. The van der Waals surface area contributed by atoms with Crippen molar-refractivity contribution in [3.63, 3.8) is 0 Å². The van der Waals surface area contributed by atoms with Gasteiger partial charge in [0.1, 0.15) is 0 Å². The SMILES string of the molecule is Clc1nc(-c2ccccc2)nc(-c2cc(-c3ccccc3)cc3ccccc23)n1. The number of rotatable bonds is 3. The van der Waals surface area contributed by atoms with E-state index in [4.69, 9.17) is 16.6 Å². The minimum atomic E-state index is 0.183. The third-order valence-electron chi connectivity index (χ3n) is 4.85. The number of fused-ring (bicyclic) bond motifs is 1. The molecule has 0 spiro atoms. The third-order valence-corrected chi connectivity index (χ3v) is 5.02. The van der Waals surface area contributed by atoms with Crippen LogP contribution in [0.5, 0.6) is 0 Å². The molecule has 1 heterocycles. The van der Waals surface area contributed by atoms with E-state index in [1.54, 1.807) is 0 Å². The summed E-state index contributed by atoms with van der Waals surface area (Å²) in [6.45, 7) is 0. The summed E-state index contributed by atoms with van der Waals surface area (Å²) >= 11 is 6.30. The summed E-state index contributed by atoms with van der Waals surface area (Å²) in [7, 11) is 0. The minimum Gasteiger partial charge on any atom is -0.208 e. The number of nitrogens with zero attached hydrogens (tertiary/aromatic N) is 3. The van der Waals surface area contributed by atoms with Gasteiger partial charge in [0.2, 0.25) is 5.28 Å². The standard InChI is InChI=1S/C25H16ClN3/c26-25-28-23(18-11-5-2-6-12-18)27-24(29-25)22-16-20(17-9-3-1-4-10-17)15-19-13-7-8-14-21(19)22/h1-16H. The zero-order valence-corrected chi connectivity index (χ0v) is 16.2. The maximum Gasteiger partial charge on any atom is 0.226 e. The lowest BCUT2D eigenvalue weighted by atomic mass is 9.96. The second-order valence-corrected chi connectivity index (χ2v) is 7.07. The first-order valence-electron chi connectivity index (χ1n) is 9.33.